The van der Waals surface area contributed by atoms with E-state index in [1.807, 2.05) is 29.2 Å². The largest absolute Gasteiger partial charge is 0.323 e. The molecule has 3 aliphatic rings. The summed E-state index contributed by atoms with van der Waals surface area (Å²) in [6.07, 6.45) is 2.45. The smallest absolute Gasteiger partial charge is 0.321 e. The number of carbonyl (C=O) groups is 1. The number of hydrogen-bond donors (Lipinski definition) is 1. The number of amides is 2. The number of benzene rings is 2. The van der Waals surface area contributed by atoms with Crippen molar-refractivity contribution in [2.24, 2.45) is 5.92 Å². The predicted octanol–water partition coefficient (Wildman–Crippen LogP) is 3.40. The molecule has 0 saturated carbocycles. The summed E-state index contributed by atoms with van der Waals surface area (Å²) in [6, 6.07) is 14.8. The third-order valence-corrected chi connectivity index (χ3v) is 5.31. The third-order valence-electron chi connectivity index (χ3n) is 5.31. The molecule has 2 bridgehead atoms. The van der Waals surface area contributed by atoms with Gasteiger partial charge < -0.3 is 15.1 Å². The molecule has 3 aliphatic heterocycles. The quantitative estimate of drug-likeness (QED) is 0.876. The van der Waals surface area contributed by atoms with E-state index in [4.69, 9.17) is 0 Å². The fourth-order valence-corrected chi connectivity index (χ4v) is 4.01. The van der Waals surface area contributed by atoms with Crippen molar-refractivity contribution >= 4 is 22.5 Å². The Morgan fingerprint density at radius 3 is 2.74 bits per heavy atom. The highest BCUT2D eigenvalue weighted by molar-refractivity contribution is 6.01. The number of rotatable bonds is 1. The first-order chi connectivity index (χ1) is 11.2. The third kappa shape index (κ3) is 2.79. The highest BCUT2D eigenvalue weighted by Crippen LogP contribution is 2.28. The second kappa shape index (κ2) is 5.85. The van der Waals surface area contributed by atoms with Crippen LogP contribution in [0.5, 0.6) is 0 Å². The molecular weight excluding hydrogens is 286 g/mol. The van der Waals surface area contributed by atoms with Crippen LogP contribution in [0.4, 0.5) is 10.5 Å². The number of hydrogen-bond acceptors (Lipinski definition) is 2. The van der Waals surface area contributed by atoms with Gasteiger partial charge in [0.05, 0.1) is 5.69 Å². The summed E-state index contributed by atoms with van der Waals surface area (Å²) in [5.41, 5.74) is 0.901. The monoisotopic (exact) mass is 309 g/mol. The van der Waals surface area contributed by atoms with Crippen molar-refractivity contribution in [2.45, 2.75) is 18.9 Å². The van der Waals surface area contributed by atoms with Gasteiger partial charge in [0.25, 0.3) is 0 Å². The molecule has 3 saturated heterocycles. The molecule has 4 heteroatoms. The van der Waals surface area contributed by atoms with Crippen LogP contribution in [0.2, 0.25) is 0 Å². The number of fused-ring (bicyclic) bond motifs is 5. The van der Waals surface area contributed by atoms with E-state index in [0.717, 1.165) is 36.1 Å². The van der Waals surface area contributed by atoms with Gasteiger partial charge in [0.2, 0.25) is 0 Å². The second-order valence-corrected chi connectivity index (χ2v) is 6.90. The lowest BCUT2D eigenvalue weighted by Gasteiger charge is -2.32. The Morgan fingerprint density at radius 1 is 1.04 bits per heavy atom. The Bertz CT molecular complexity index is 724. The van der Waals surface area contributed by atoms with Crippen LogP contribution in [0.1, 0.15) is 12.8 Å². The normalized spacial score (nSPS) is 24.7. The molecule has 0 radical (unpaired) electrons. The Kier molecular flexibility index (Phi) is 3.69. The van der Waals surface area contributed by atoms with E-state index in [2.05, 4.69) is 35.5 Å². The lowest BCUT2D eigenvalue weighted by Crippen LogP contribution is -2.42. The minimum absolute atomic E-state index is 0.0357. The average Bonchev–Trinajstić information content (AvgIpc) is 2.86. The maximum Gasteiger partial charge on any atom is 0.321 e. The highest BCUT2D eigenvalue weighted by Gasteiger charge is 2.34. The fourth-order valence-electron chi connectivity index (χ4n) is 4.01. The zero-order valence-corrected chi connectivity index (χ0v) is 13.5. The summed E-state index contributed by atoms with van der Waals surface area (Å²) in [6.45, 7) is 2.82. The van der Waals surface area contributed by atoms with Crippen molar-refractivity contribution in [1.29, 1.82) is 0 Å². The van der Waals surface area contributed by atoms with Crippen LogP contribution in [-0.4, -0.2) is 48.6 Å². The van der Waals surface area contributed by atoms with Gasteiger partial charge in [-0.15, -0.1) is 0 Å². The lowest BCUT2D eigenvalue weighted by atomic mass is 9.96. The van der Waals surface area contributed by atoms with E-state index in [1.54, 1.807) is 0 Å². The van der Waals surface area contributed by atoms with Gasteiger partial charge in [-0.05, 0) is 37.3 Å². The van der Waals surface area contributed by atoms with Gasteiger partial charge >= 0.3 is 6.03 Å². The molecule has 0 aromatic heterocycles. The minimum atomic E-state index is 0.0357. The van der Waals surface area contributed by atoms with E-state index >= 15 is 0 Å². The van der Waals surface area contributed by atoms with E-state index < -0.39 is 0 Å². The van der Waals surface area contributed by atoms with Crippen LogP contribution in [0.25, 0.3) is 10.8 Å². The summed E-state index contributed by atoms with van der Waals surface area (Å²) in [5, 5.41) is 5.38. The van der Waals surface area contributed by atoms with E-state index in [0.29, 0.717) is 12.0 Å². The Labute approximate surface area is 137 Å². The lowest BCUT2D eigenvalue weighted by molar-refractivity contribution is 0.166. The molecule has 120 valence electrons. The first kappa shape index (κ1) is 14.5. The maximum absolute atomic E-state index is 12.8. The Balaban J connectivity index is 1.55. The zero-order chi connectivity index (χ0) is 15.8. The van der Waals surface area contributed by atoms with Gasteiger partial charge in [-0.2, -0.15) is 0 Å². The van der Waals surface area contributed by atoms with E-state index in [1.165, 1.54) is 12.8 Å². The molecule has 0 unspecified atom stereocenters. The number of piperidine rings is 1. The molecule has 3 heterocycles. The summed E-state index contributed by atoms with van der Waals surface area (Å²) in [4.78, 5) is 17.2. The van der Waals surface area contributed by atoms with Crippen molar-refractivity contribution < 1.29 is 4.79 Å². The molecule has 2 aromatic carbocycles. The zero-order valence-electron chi connectivity index (χ0n) is 13.5. The van der Waals surface area contributed by atoms with Crippen molar-refractivity contribution in [2.75, 3.05) is 32.0 Å². The van der Waals surface area contributed by atoms with Gasteiger partial charge in [-0.3, -0.25) is 0 Å². The van der Waals surface area contributed by atoms with Crippen LogP contribution in [0.3, 0.4) is 0 Å². The van der Waals surface area contributed by atoms with Crippen LogP contribution in [0.15, 0.2) is 42.5 Å². The van der Waals surface area contributed by atoms with Crippen LogP contribution < -0.4 is 5.32 Å². The Hall–Kier alpha value is -2.07. The van der Waals surface area contributed by atoms with E-state index in [9.17, 15) is 4.79 Å². The SMILES string of the molecule is CN1C[C@@H]2CC[C@H]1CN(C(=O)Nc1cccc3ccccc13)C2. The number of nitrogens with one attached hydrogen (secondary N) is 1. The topological polar surface area (TPSA) is 35.6 Å². The molecule has 2 amide bonds. The number of likely N-dealkylation sites (N-methyl/N-ethyl adjacent to an activating group) is 1. The average molecular weight is 309 g/mol. The van der Waals surface area contributed by atoms with Crippen LogP contribution in [0, 0.1) is 5.92 Å². The Morgan fingerprint density at radius 2 is 1.87 bits per heavy atom. The highest BCUT2D eigenvalue weighted by atomic mass is 16.2. The maximum atomic E-state index is 12.8. The van der Waals surface area contributed by atoms with E-state index in [-0.39, 0.29) is 6.03 Å². The molecule has 2 aromatic rings. The van der Waals surface area contributed by atoms with Crippen molar-refractivity contribution in [3.63, 3.8) is 0 Å². The molecule has 2 atom stereocenters. The van der Waals surface area contributed by atoms with Crippen molar-refractivity contribution in [3.05, 3.63) is 42.5 Å². The molecular formula is C19H23N3O. The van der Waals surface area contributed by atoms with Gasteiger partial charge in [0.15, 0.2) is 0 Å². The molecule has 0 aliphatic carbocycles. The molecule has 0 spiro atoms. The molecule has 1 N–H and O–H groups in total. The number of carbonyl (C=O) groups excluding carboxylic acids is 1. The van der Waals surface area contributed by atoms with Crippen molar-refractivity contribution in [1.82, 2.24) is 9.80 Å². The predicted molar refractivity (Wildman–Crippen MR) is 93.7 cm³/mol. The van der Waals surface area contributed by atoms with Gasteiger partial charge in [0, 0.05) is 31.1 Å². The summed E-state index contributed by atoms with van der Waals surface area (Å²) < 4.78 is 0. The van der Waals surface area contributed by atoms with Crippen LogP contribution in [-0.2, 0) is 0 Å². The van der Waals surface area contributed by atoms with Gasteiger partial charge in [-0.25, -0.2) is 4.79 Å². The minimum Gasteiger partial charge on any atom is -0.323 e. The standard InChI is InChI=1S/C19H23N3O/c1-21-11-14-9-10-16(21)13-22(12-14)19(23)20-18-8-4-6-15-5-2-3-7-17(15)18/h2-8,14,16H,9-13H2,1H3,(H,20,23)/t14-,16-/m0/s1. The number of nitrogens with zero attached hydrogens (tertiary/aromatic N) is 2. The molecule has 23 heavy (non-hydrogen) atoms. The van der Waals surface area contributed by atoms with Gasteiger partial charge in [0.1, 0.15) is 0 Å². The molecule has 4 nitrogen and oxygen atoms in total. The van der Waals surface area contributed by atoms with Crippen LogP contribution >= 0.6 is 0 Å². The fraction of sp³-hybridized carbons (Fsp3) is 0.421. The first-order valence-electron chi connectivity index (χ1n) is 8.44. The number of anilines is 1. The summed E-state index contributed by atoms with van der Waals surface area (Å²) >= 11 is 0. The molecule has 3 fully saturated rings. The first-order valence-corrected chi connectivity index (χ1v) is 8.44. The molecule has 5 rings (SSSR count). The summed E-state index contributed by atoms with van der Waals surface area (Å²) in [7, 11) is 2.18. The van der Waals surface area contributed by atoms with Crippen molar-refractivity contribution in [3.8, 4) is 0 Å². The second-order valence-electron chi connectivity index (χ2n) is 6.90. The summed E-state index contributed by atoms with van der Waals surface area (Å²) in [5.74, 6) is 0.608. The number of urea groups is 1. The van der Waals surface area contributed by atoms with Gasteiger partial charge in [-0.1, -0.05) is 36.4 Å².